The molecular formula is C13H14BrNOS. The molecule has 0 amide bonds. The number of furan rings is 1. The number of halogens is 1. The van der Waals surface area contributed by atoms with Gasteiger partial charge in [0.1, 0.15) is 5.76 Å². The molecule has 1 aromatic heterocycles. The summed E-state index contributed by atoms with van der Waals surface area (Å²) in [6.45, 7) is 2.64. The lowest BCUT2D eigenvalue weighted by molar-refractivity contribution is 0.527. The summed E-state index contributed by atoms with van der Waals surface area (Å²) in [5, 5.41) is 0. The first kappa shape index (κ1) is 12.7. The zero-order valence-electron chi connectivity index (χ0n) is 9.57. The SMILES string of the molecule is Cc1occc1Sc1cc(Br)ccc1CCN. The van der Waals surface area contributed by atoms with Crippen LogP contribution in [0.15, 0.2) is 49.2 Å². The van der Waals surface area contributed by atoms with Crippen LogP contribution in [0.3, 0.4) is 0 Å². The van der Waals surface area contributed by atoms with E-state index in [4.69, 9.17) is 10.2 Å². The number of hydrogen-bond acceptors (Lipinski definition) is 3. The molecule has 90 valence electrons. The van der Waals surface area contributed by atoms with E-state index < -0.39 is 0 Å². The Balaban J connectivity index is 2.30. The lowest BCUT2D eigenvalue weighted by atomic mass is 10.1. The van der Waals surface area contributed by atoms with Crippen molar-refractivity contribution in [3.05, 3.63) is 46.3 Å². The Morgan fingerprint density at radius 2 is 2.12 bits per heavy atom. The summed E-state index contributed by atoms with van der Waals surface area (Å²) in [4.78, 5) is 2.38. The number of rotatable bonds is 4. The molecule has 4 heteroatoms. The van der Waals surface area contributed by atoms with Gasteiger partial charge in [-0.1, -0.05) is 33.8 Å². The summed E-state index contributed by atoms with van der Waals surface area (Å²) >= 11 is 5.22. The van der Waals surface area contributed by atoms with Crippen molar-refractivity contribution >= 4 is 27.7 Å². The number of benzene rings is 1. The molecule has 2 rings (SSSR count). The van der Waals surface area contributed by atoms with Crippen LogP contribution in [0.4, 0.5) is 0 Å². The van der Waals surface area contributed by atoms with Crippen molar-refractivity contribution in [1.29, 1.82) is 0 Å². The van der Waals surface area contributed by atoms with E-state index in [1.165, 1.54) is 10.5 Å². The van der Waals surface area contributed by atoms with Gasteiger partial charge in [-0.2, -0.15) is 0 Å². The second-order valence-electron chi connectivity index (χ2n) is 3.73. The molecule has 2 N–H and O–H groups in total. The summed E-state index contributed by atoms with van der Waals surface area (Å²) in [5.74, 6) is 0.952. The summed E-state index contributed by atoms with van der Waals surface area (Å²) in [6, 6.07) is 8.29. The monoisotopic (exact) mass is 311 g/mol. The number of hydrogen-bond donors (Lipinski definition) is 1. The van der Waals surface area contributed by atoms with Crippen LogP contribution in [0.25, 0.3) is 0 Å². The van der Waals surface area contributed by atoms with E-state index in [2.05, 4.69) is 34.1 Å². The van der Waals surface area contributed by atoms with Gasteiger partial charge in [0.05, 0.1) is 11.2 Å². The lowest BCUT2D eigenvalue weighted by Crippen LogP contribution is -2.03. The summed E-state index contributed by atoms with van der Waals surface area (Å²) in [5.41, 5.74) is 6.91. The van der Waals surface area contributed by atoms with Crippen molar-refractivity contribution in [2.24, 2.45) is 5.73 Å². The van der Waals surface area contributed by atoms with Gasteiger partial charge in [-0.25, -0.2) is 0 Å². The molecular weight excluding hydrogens is 298 g/mol. The van der Waals surface area contributed by atoms with Crippen molar-refractivity contribution < 1.29 is 4.42 Å². The molecule has 0 aliphatic rings. The highest BCUT2D eigenvalue weighted by atomic mass is 79.9. The smallest absolute Gasteiger partial charge is 0.114 e. The Labute approximate surface area is 114 Å². The van der Waals surface area contributed by atoms with Crippen molar-refractivity contribution in [1.82, 2.24) is 0 Å². The Morgan fingerprint density at radius 3 is 2.76 bits per heavy atom. The second-order valence-corrected chi connectivity index (χ2v) is 5.73. The van der Waals surface area contributed by atoms with Gasteiger partial charge in [-0.3, -0.25) is 0 Å². The first-order valence-corrected chi connectivity index (χ1v) is 7.02. The number of aryl methyl sites for hydroxylation is 1. The highest BCUT2D eigenvalue weighted by molar-refractivity contribution is 9.10. The van der Waals surface area contributed by atoms with Crippen LogP contribution in [0, 0.1) is 6.92 Å². The van der Waals surface area contributed by atoms with Crippen LogP contribution in [-0.2, 0) is 6.42 Å². The third-order valence-electron chi connectivity index (χ3n) is 2.47. The third-order valence-corrected chi connectivity index (χ3v) is 4.21. The van der Waals surface area contributed by atoms with Gasteiger partial charge < -0.3 is 10.2 Å². The minimum atomic E-state index is 0.666. The molecule has 2 nitrogen and oxygen atoms in total. The van der Waals surface area contributed by atoms with Gasteiger partial charge in [-0.05, 0) is 43.7 Å². The minimum absolute atomic E-state index is 0.666. The Morgan fingerprint density at radius 1 is 1.29 bits per heavy atom. The Kier molecular flexibility index (Phi) is 4.31. The average molecular weight is 312 g/mol. The maximum atomic E-state index is 5.63. The van der Waals surface area contributed by atoms with Gasteiger partial charge in [0, 0.05) is 9.37 Å². The highest BCUT2D eigenvalue weighted by Crippen LogP contribution is 2.34. The highest BCUT2D eigenvalue weighted by Gasteiger charge is 2.08. The van der Waals surface area contributed by atoms with Crippen molar-refractivity contribution in [3.8, 4) is 0 Å². The Bertz CT molecular complexity index is 510. The fraction of sp³-hybridized carbons (Fsp3) is 0.231. The molecule has 0 saturated carbocycles. The lowest BCUT2D eigenvalue weighted by Gasteiger charge is -2.08. The van der Waals surface area contributed by atoms with Crippen LogP contribution in [0.5, 0.6) is 0 Å². The molecule has 1 aromatic carbocycles. The first-order valence-electron chi connectivity index (χ1n) is 5.41. The standard InChI is InChI=1S/C13H14BrNOS/c1-9-12(5-7-16-9)17-13-8-11(14)3-2-10(13)4-6-15/h2-3,5,7-8H,4,6,15H2,1H3. The maximum Gasteiger partial charge on any atom is 0.114 e. The van der Waals surface area contributed by atoms with Crippen molar-refractivity contribution in [2.45, 2.75) is 23.1 Å². The predicted molar refractivity (Wildman–Crippen MR) is 74.5 cm³/mol. The van der Waals surface area contributed by atoms with Gasteiger partial charge in [-0.15, -0.1) is 0 Å². The van der Waals surface area contributed by atoms with E-state index in [1.54, 1.807) is 18.0 Å². The molecule has 0 atom stereocenters. The van der Waals surface area contributed by atoms with Crippen LogP contribution in [0.1, 0.15) is 11.3 Å². The second kappa shape index (κ2) is 5.76. The van der Waals surface area contributed by atoms with E-state index in [-0.39, 0.29) is 0 Å². The first-order chi connectivity index (χ1) is 8.20. The fourth-order valence-corrected chi connectivity index (χ4v) is 3.14. The van der Waals surface area contributed by atoms with Crippen molar-refractivity contribution in [2.75, 3.05) is 6.54 Å². The van der Waals surface area contributed by atoms with Gasteiger partial charge >= 0.3 is 0 Å². The molecule has 0 aliphatic heterocycles. The van der Waals surface area contributed by atoms with E-state index >= 15 is 0 Å². The van der Waals surface area contributed by atoms with E-state index in [0.29, 0.717) is 6.54 Å². The van der Waals surface area contributed by atoms with Crippen LogP contribution in [-0.4, -0.2) is 6.54 Å². The third kappa shape index (κ3) is 3.15. The minimum Gasteiger partial charge on any atom is -0.468 e. The molecule has 0 saturated heterocycles. The molecule has 0 radical (unpaired) electrons. The summed E-state index contributed by atoms with van der Waals surface area (Å²) in [6.07, 6.45) is 2.62. The zero-order chi connectivity index (χ0) is 12.3. The van der Waals surface area contributed by atoms with Crippen LogP contribution < -0.4 is 5.73 Å². The van der Waals surface area contributed by atoms with E-state index in [0.717, 1.165) is 21.5 Å². The van der Waals surface area contributed by atoms with Gasteiger partial charge in [0.2, 0.25) is 0 Å². The van der Waals surface area contributed by atoms with E-state index in [9.17, 15) is 0 Å². The van der Waals surface area contributed by atoms with Gasteiger partial charge in [0.15, 0.2) is 0 Å². The topological polar surface area (TPSA) is 39.2 Å². The molecule has 0 fully saturated rings. The largest absolute Gasteiger partial charge is 0.468 e. The molecule has 0 bridgehead atoms. The molecule has 2 aromatic rings. The summed E-state index contributed by atoms with van der Waals surface area (Å²) in [7, 11) is 0. The molecule has 17 heavy (non-hydrogen) atoms. The van der Waals surface area contributed by atoms with Crippen molar-refractivity contribution in [3.63, 3.8) is 0 Å². The van der Waals surface area contributed by atoms with Crippen LogP contribution >= 0.6 is 27.7 Å². The molecule has 1 heterocycles. The zero-order valence-corrected chi connectivity index (χ0v) is 12.0. The van der Waals surface area contributed by atoms with E-state index in [1.807, 2.05) is 13.0 Å². The predicted octanol–water partition coefficient (Wildman–Crippen LogP) is 4.00. The quantitative estimate of drug-likeness (QED) is 0.927. The molecule has 0 aliphatic carbocycles. The van der Waals surface area contributed by atoms with Crippen LogP contribution in [0.2, 0.25) is 0 Å². The normalized spacial score (nSPS) is 10.8. The molecule has 0 spiro atoms. The average Bonchev–Trinajstić information content (AvgIpc) is 2.69. The summed E-state index contributed by atoms with van der Waals surface area (Å²) < 4.78 is 6.39. The Hall–Kier alpha value is -0.710. The van der Waals surface area contributed by atoms with Gasteiger partial charge in [0.25, 0.3) is 0 Å². The number of nitrogens with two attached hydrogens (primary N) is 1. The molecule has 0 unspecified atom stereocenters. The fourth-order valence-electron chi connectivity index (χ4n) is 1.58. The maximum absolute atomic E-state index is 5.63.